The Bertz CT molecular complexity index is 805. The van der Waals surface area contributed by atoms with E-state index >= 15 is 0 Å². The second-order valence-corrected chi connectivity index (χ2v) is 6.35. The number of hydrogen-bond donors (Lipinski definition) is 3. The molecule has 27 heavy (non-hydrogen) atoms. The summed E-state index contributed by atoms with van der Waals surface area (Å²) in [6, 6.07) is 12.7. The predicted molar refractivity (Wildman–Crippen MR) is 107 cm³/mol. The van der Waals surface area contributed by atoms with Gasteiger partial charge < -0.3 is 20.7 Å². The molecule has 3 N–H and O–H groups in total. The first kappa shape index (κ1) is 20.3. The van der Waals surface area contributed by atoms with Crippen molar-refractivity contribution in [1.29, 1.82) is 0 Å². The van der Waals surface area contributed by atoms with E-state index in [0.717, 1.165) is 28.8 Å². The van der Waals surface area contributed by atoms with Crippen LogP contribution in [-0.2, 0) is 11.2 Å². The summed E-state index contributed by atoms with van der Waals surface area (Å²) in [5, 5.41) is 8.25. The molecule has 2 aromatic carbocycles. The average Bonchev–Trinajstić information content (AvgIpc) is 2.66. The van der Waals surface area contributed by atoms with Gasteiger partial charge in [0, 0.05) is 11.3 Å². The van der Waals surface area contributed by atoms with Crippen LogP contribution in [-0.4, -0.2) is 25.6 Å². The van der Waals surface area contributed by atoms with Gasteiger partial charge >= 0.3 is 6.03 Å². The quantitative estimate of drug-likeness (QED) is 0.698. The van der Waals surface area contributed by atoms with Crippen LogP contribution in [0.4, 0.5) is 10.5 Å². The van der Waals surface area contributed by atoms with E-state index in [4.69, 9.17) is 4.74 Å². The van der Waals surface area contributed by atoms with Gasteiger partial charge in [0.15, 0.2) is 0 Å². The molecular formula is C21H27N3O3. The Hall–Kier alpha value is -3.02. The van der Waals surface area contributed by atoms with Crippen molar-refractivity contribution < 1.29 is 14.3 Å². The van der Waals surface area contributed by atoms with Crippen LogP contribution < -0.4 is 20.7 Å². The minimum Gasteiger partial charge on any atom is -0.496 e. The Labute approximate surface area is 160 Å². The van der Waals surface area contributed by atoms with Gasteiger partial charge in [-0.15, -0.1) is 0 Å². The molecule has 0 bridgehead atoms. The number of amides is 3. The fraction of sp³-hybridized carbons (Fsp3) is 0.333. The molecule has 0 saturated heterocycles. The lowest BCUT2D eigenvalue weighted by molar-refractivity contribution is -0.115. The van der Waals surface area contributed by atoms with E-state index in [1.165, 1.54) is 0 Å². The van der Waals surface area contributed by atoms with Crippen molar-refractivity contribution in [2.75, 3.05) is 19.0 Å². The number of para-hydroxylation sites is 1. The summed E-state index contributed by atoms with van der Waals surface area (Å²) in [6.45, 7) is 5.77. The molecule has 144 valence electrons. The summed E-state index contributed by atoms with van der Waals surface area (Å²) in [4.78, 5) is 24.3. The SMILES string of the molecule is CCc1ccccc1NC(=O)CNC(=O)NC(C)c1cc(C)ccc1OC. The van der Waals surface area contributed by atoms with Crippen molar-refractivity contribution in [3.8, 4) is 5.75 Å². The van der Waals surface area contributed by atoms with Crippen LogP contribution in [0.3, 0.4) is 0 Å². The minimum absolute atomic E-state index is 0.110. The van der Waals surface area contributed by atoms with E-state index in [-0.39, 0.29) is 18.5 Å². The van der Waals surface area contributed by atoms with Crippen LogP contribution in [0.2, 0.25) is 0 Å². The predicted octanol–water partition coefficient (Wildman–Crippen LogP) is 3.56. The Morgan fingerprint density at radius 1 is 1.15 bits per heavy atom. The van der Waals surface area contributed by atoms with Crippen molar-refractivity contribution in [1.82, 2.24) is 10.6 Å². The molecule has 0 aliphatic carbocycles. The van der Waals surface area contributed by atoms with Gasteiger partial charge in [0.05, 0.1) is 19.7 Å². The molecule has 0 spiro atoms. The van der Waals surface area contributed by atoms with E-state index < -0.39 is 6.03 Å². The molecule has 2 rings (SSSR count). The molecule has 0 heterocycles. The van der Waals surface area contributed by atoms with Crippen LogP contribution in [0.5, 0.6) is 5.75 Å². The molecule has 1 unspecified atom stereocenters. The molecule has 0 saturated carbocycles. The summed E-state index contributed by atoms with van der Waals surface area (Å²) in [7, 11) is 1.60. The molecule has 0 fully saturated rings. The zero-order valence-electron chi connectivity index (χ0n) is 16.3. The highest BCUT2D eigenvalue weighted by Crippen LogP contribution is 2.25. The molecule has 0 radical (unpaired) electrons. The van der Waals surface area contributed by atoms with Gasteiger partial charge in [-0.3, -0.25) is 4.79 Å². The summed E-state index contributed by atoms with van der Waals surface area (Å²) in [6.07, 6.45) is 0.820. The van der Waals surface area contributed by atoms with Crippen molar-refractivity contribution in [2.24, 2.45) is 0 Å². The topological polar surface area (TPSA) is 79.5 Å². The first-order valence-corrected chi connectivity index (χ1v) is 9.01. The lowest BCUT2D eigenvalue weighted by Crippen LogP contribution is -2.41. The van der Waals surface area contributed by atoms with Gasteiger partial charge in [-0.1, -0.05) is 42.8 Å². The van der Waals surface area contributed by atoms with Gasteiger partial charge in [-0.25, -0.2) is 4.79 Å². The van der Waals surface area contributed by atoms with E-state index in [0.29, 0.717) is 5.75 Å². The fourth-order valence-corrected chi connectivity index (χ4v) is 2.82. The third kappa shape index (κ3) is 5.74. The smallest absolute Gasteiger partial charge is 0.315 e. The van der Waals surface area contributed by atoms with Crippen LogP contribution >= 0.6 is 0 Å². The van der Waals surface area contributed by atoms with Crippen LogP contribution in [0.15, 0.2) is 42.5 Å². The first-order valence-electron chi connectivity index (χ1n) is 9.01. The Balaban J connectivity index is 1.88. The summed E-state index contributed by atoms with van der Waals surface area (Å²) in [5.41, 5.74) is 3.78. The molecule has 2 aromatic rings. The minimum atomic E-state index is -0.412. The number of aryl methyl sites for hydroxylation is 2. The van der Waals surface area contributed by atoms with E-state index in [9.17, 15) is 9.59 Å². The largest absolute Gasteiger partial charge is 0.496 e. The molecule has 0 aromatic heterocycles. The first-order chi connectivity index (χ1) is 12.9. The molecule has 0 aliphatic heterocycles. The highest BCUT2D eigenvalue weighted by molar-refractivity contribution is 5.94. The number of rotatable bonds is 7. The van der Waals surface area contributed by atoms with Gasteiger partial charge in [-0.05, 0) is 38.0 Å². The highest BCUT2D eigenvalue weighted by Gasteiger charge is 2.15. The Kier molecular flexibility index (Phi) is 7.23. The zero-order valence-corrected chi connectivity index (χ0v) is 16.3. The van der Waals surface area contributed by atoms with Gasteiger partial charge in [0.25, 0.3) is 0 Å². The fourth-order valence-electron chi connectivity index (χ4n) is 2.82. The average molecular weight is 369 g/mol. The van der Waals surface area contributed by atoms with Crippen LogP contribution in [0.25, 0.3) is 0 Å². The van der Waals surface area contributed by atoms with Crippen molar-refractivity contribution >= 4 is 17.6 Å². The summed E-state index contributed by atoms with van der Waals surface area (Å²) >= 11 is 0. The molecular weight excluding hydrogens is 342 g/mol. The molecule has 3 amide bonds. The zero-order chi connectivity index (χ0) is 19.8. The summed E-state index contributed by atoms with van der Waals surface area (Å²) < 4.78 is 5.35. The summed E-state index contributed by atoms with van der Waals surface area (Å²) in [5.74, 6) is 0.439. The highest BCUT2D eigenvalue weighted by atomic mass is 16.5. The number of urea groups is 1. The third-order valence-electron chi connectivity index (χ3n) is 4.28. The van der Waals surface area contributed by atoms with Gasteiger partial charge in [-0.2, -0.15) is 0 Å². The Morgan fingerprint density at radius 3 is 2.59 bits per heavy atom. The van der Waals surface area contributed by atoms with E-state index in [1.54, 1.807) is 7.11 Å². The van der Waals surface area contributed by atoms with E-state index in [1.807, 2.05) is 63.2 Å². The molecule has 6 heteroatoms. The monoisotopic (exact) mass is 369 g/mol. The van der Waals surface area contributed by atoms with Crippen molar-refractivity contribution in [3.63, 3.8) is 0 Å². The second kappa shape index (κ2) is 9.62. The number of carbonyl (C=O) groups is 2. The van der Waals surface area contributed by atoms with Crippen molar-refractivity contribution in [2.45, 2.75) is 33.2 Å². The number of benzene rings is 2. The van der Waals surface area contributed by atoms with Crippen LogP contribution in [0.1, 0.15) is 36.6 Å². The molecule has 1 atom stereocenters. The maximum Gasteiger partial charge on any atom is 0.315 e. The van der Waals surface area contributed by atoms with Crippen molar-refractivity contribution in [3.05, 3.63) is 59.2 Å². The van der Waals surface area contributed by atoms with Gasteiger partial charge in [0.2, 0.25) is 5.91 Å². The number of hydrogen-bond acceptors (Lipinski definition) is 3. The number of nitrogens with one attached hydrogen (secondary N) is 3. The maximum atomic E-state index is 12.1. The molecule has 6 nitrogen and oxygen atoms in total. The standard InChI is InChI=1S/C21H27N3O3/c1-5-16-8-6-7-9-18(16)24-20(25)13-22-21(26)23-15(3)17-12-14(2)10-11-19(17)27-4/h6-12,15H,5,13H2,1-4H3,(H,24,25)(H2,22,23,26). The third-order valence-corrected chi connectivity index (χ3v) is 4.28. The molecule has 0 aliphatic rings. The number of methoxy groups -OCH3 is 1. The lowest BCUT2D eigenvalue weighted by atomic mass is 10.0. The lowest BCUT2D eigenvalue weighted by Gasteiger charge is -2.18. The normalized spacial score (nSPS) is 11.4. The van der Waals surface area contributed by atoms with E-state index in [2.05, 4.69) is 16.0 Å². The second-order valence-electron chi connectivity index (χ2n) is 6.35. The van der Waals surface area contributed by atoms with Crippen LogP contribution in [0, 0.1) is 6.92 Å². The number of anilines is 1. The Morgan fingerprint density at radius 2 is 1.89 bits per heavy atom. The maximum absolute atomic E-state index is 12.1. The number of ether oxygens (including phenoxy) is 1. The number of carbonyl (C=O) groups excluding carboxylic acids is 2. The van der Waals surface area contributed by atoms with Gasteiger partial charge in [0.1, 0.15) is 5.75 Å².